The Morgan fingerprint density at radius 1 is 1.39 bits per heavy atom. The lowest BCUT2D eigenvalue weighted by Gasteiger charge is -2.24. The molecule has 0 aliphatic heterocycles. The number of sulfonamides is 1. The molecule has 2 N–H and O–H groups in total. The van der Waals surface area contributed by atoms with E-state index in [1.807, 2.05) is 0 Å². The van der Waals surface area contributed by atoms with Gasteiger partial charge in [-0.25, -0.2) is 13.1 Å². The molecule has 1 aliphatic carbocycles. The van der Waals surface area contributed by atoms with Gasteiger partial charge in [-0.2, -0.15) is 0 Å². The third-order valence-corrected chi connectivity index (χ3v) is 4.66. The van der Waals surface area contributed by atoms with Gasteiger partial charge in [-0.15, -0.1) is 0 Å². The van der Waals surface area contributed by atoms with Crippen LogP contribution in [0.3, 0.4) is 0 Å². The summed E-state index contributed by atoms with van der Waals surface area (Å²) in [5, 5.41) is 2.91. The van der Waals surface area contributed by atoms with E-state index >= 15 is 0 Å². The summed E-state index contributed by atoms with van der Waals surface area (Å²) in [5.41, 5.74) is 0. The molecule has 0 radical (unpaired) electrons. The number of rotatable bonds is 7. The van der Waals surface area contributed by atoms with Crippen LogP contribution >= 0.6 is 0 Å². The standard InChI is InChI=1S/C12H20N2O3S/c1-13-9-11-5-6-12(17-11)18(15,16)14-8-7-10-3-2-4-10/h5-6,10,13-14H,2-4,7-9H2,1H3. The van der Waals surface area contributed by atoms with Gasteiger partial charge in [0.05, 0.1) is 6.54 Å². The van der Waals surface area contributed by atoms with E-state index in [4.69, 9.17) is 4.42 Å². The van der Waals surface area contributed by atoms with Gasteiger partial charge in [0.15, 0.2) is 0 Å². The van der Waals surface area contributed by atoms with Gasteiger partial charge in [-0.05, 0) is 31.5 Å². The van der Waals surface area contributed by atoms with Crippen molar-refractivity contribution < 1.29 is 12.8 Å². The molecule has 1 heterocycles. The Balaban J connectivity index is 1.87. The first-order valence-corrected chi connectivity index (χ1v) is 7.83. The molecule has 0 unspecified atom stereocenters. The van der Waals surface area contributed by atoms with Gasteiger partial charge in [-0.1, -0.05) is 19.3 Å². The second kappa shape index (κ2) is 5.86. The van der Waals surface area contributed by atoms with Gasteiger partial charge in [0.1, 0.15) is 5.76 Å². The van der Waals surface area contributed by atoms with Crippen molar-refractivity contribution in [2.45, 2.75) is 37.3 Å². The van der Waals surface area contributed by atoms with Crippen LogP contribution in [0, 0.1) is 5.92 Å². The molecule has 0 bridgehead atoms. The van der Waals surface area contributed by atoms with Crippen molar-refractivity contribution in [1.29, 1.82) is 0 Å². The van der Waals surface area contributed by atoms with E-state index in [9.17, 15) is 8.42 Å². The summed E-state index contributed by atoms with van der Waals surface area (Å²) in [6.45, 7) is 1.02. The lowest BCUT2D eigenvalue weighted by molar-refractivity contribution is 0.297. The molecule has 102 valence electrons. The molecule has 0 amide bonds. The predicted molar refractivity (Wildman–Crippen MR) is 68.6 cm³/mol. The molecule has 1 aromatic heterocycles. The Hall–Kier alpha value is -0.850. The highest BCUT2D eigenvalue weighted by Crippen LogP contribution is 2.28. The first kappa shape index (κ1) is 13.6. The van der Waals surface area contributed by atoms with E-state index in [2.05, 4.69) is 10.0 Å². The molecule has 6 heteroatoms. The summed E-state index contributed by atoms with van der Waals surface area (Å²) in [4.78, 5) is 0. The van der Waals surface area contributed by atoms with E-state index in [1.54, 1.807) is 13.1 Å². The van der Waals surface area contributed by atoms with Gasteiger partial charge in [0.2, 0.25) is 5.09 Å². The van der Waals surface area contributed by atoms with Gasteiger partial charge in [0.25, 0.3) is 10.0 Å². The van der Waals surface area contributed by atoms with E-state index in [0.29, 0.717) is 24.8 Å². The minimum atomic E-state index is -3.48. The van der Waals surface area contributed by atoms with E-state index in [1.165, 1.54) is 25.3 Å². The van der Waals surface area contributed by atoms with Crippen molar-refractivity contribution in [1.82, 2.24) is 10.0 Å². The monoisotopic (exact) mass is 272 g/mol. The van der Waals surface area contributed by atoms with E-state index in [-0.39, 0.29) is 5.09 Å². The van der Waals surface area contributed by atoms with Gasteiger partial charge < -0.3 is 9.73 Å². The Labute approximate surface area is 108 Å². The molecule has 0 spiro atoms. The summed E-state index contributed by atoms with van der Waals surface area (Å²) in [5.74, 6) is 1.32. The van der Waals surface area contributed by atoms with Crippen LogP contribution in [0.1, 0.15) is 31.4 Å². The molecule has 1 saturated carbocycles. The van der Waals surface area contributed by atoms with Crippen LogP contribution in [0.2, 0.25) is 0 Å². The number of furan rings is 1. The third-order valence-electron chi connectivity index (χ3n) is 3.32. The van der Waals surface area contributed by atoms with Crippen molar-refractivity contribution in [2.75, 3.05) is 13.6 Å². The minimum absolute atomic E-state index is 0.00126. The molecular formula is C12H20N2O3S. The van der Waals surface area contributed by atoms with E-state index in [0.717, 1.165) is 6.42 Å². The molecule has 5 nitrogen and oxygen atoms in total. The fourth-order valence-corrected chi connectivity index (χ4v) is 3.01. The fourth-order valence-electron chi connectivity index (χ4n) is 2.02. The normalized spacial score (nSPS) is 16.7. The van der Waals surface area contributed by atoms with Gasteiger partial charge in [0, 0.05) is 6.54 Å². The second-order valence-corrected chi connectivity index (χ2v) is 6.43. The molecule has 1 aromatic rings. The molecule has 2 rings (SSSR count). The van der Waals surface area contributed by atoms with Crippen molar-refractivity contribution >= 4 is 10.0 Å². The van der Waals surface area contributed by atoms with Gasteiger partial charge >= 0.3 is 0 Å². The fraction of sp³-hybridized carbons (Fsp3) is 0.667. The van der Waals surface area contributed by atoms with Crippen molar-refractivity contribution in [3.8, 4) is 0 Å². The zero-order valence-corrected chi connectivity index (χ0v) is 11.4. The summed E-state index contributed by atoms with van der Waals surface area (Å²) >= 11 is 0. The second-order valence-electron chi connectivity index (χ2n) is 4.73. The van der Waals surface area contributed by atoms with Crippen LogP contribution in [0.4, 0.5) is 0 Å². The van der Waals surface area contributed by atoms with Crippen LogP contribution in [0.15, 0.2) is 21.6 Å². The van der Waals surface area contributed by atoms with Crippen molar-refractivity contribution in [3.05, 3.63) is 17.9 Å². The van der Waals surface area contributed by atoms with Crippen LogP contribution in [0.25, 0.3) is 0 Å². The smallest absolute Gasteiger partial charge is 0.273 e. The molecule has 0 saturated heterocycles. The molecular weight excluding hydrogens is 252 g/mol. The first-order chi connectivity index (χ1) is 8.62. The third kappa shape index (κ3) is 3.34. The zero-order valence-electron chi connectivity index (χ0n) is 10.6. The summed E-state index contributed by atoms with van der Waals surface area (Å²) < 4.78 is 31.7. The molecule has 18 heavy (non-hydrogen) atoms. The lowest BCUT2D eigenvalue weighted by Crippen LogP contribution is -2.27. The largest absolute Gasteiger partial charge is 0.447 e. The molecule has 0 aromatic carbocycles. The number of hydrogen-bond donors (Lipinski definition) is 2. The Morgan fingerprint density at radius 2 is 2.17 bits per heavy atom. The van der Waals surface area contributed by atoms with Crippen molar-refractivity contribution in [3.63, 3.8) is 0 Å². The molecule has 1 aliphatic rings. The molecule has 0 atom stereocenters. The Morgan fingerprint density at radius 3 is 2.78 bits per heavy atom. The zero-order chi connectivity index (χ0) is 13.0. The number of nitrogens with one attached hydrogen (secondary N) is 2. The number of hydrogen-bond acceptors (Lipinski definition) is 4. The summed E-state index contributed by atoms with van der Waals surface area (Å²) in [6.07, 6.45) is 4.66. The summed E-state index contributed by atoms with van der Waals surface area (Å²) in [7, 11) is -1.70. The van der Waals surface area contributed by atoms with Crippen LogP contribution in [0.5, 0.6) is 0 Å². The van der Waals surface area contributed by atoms with Crippen molar-refractivity contribution in [2.24, 2.45) is 5.92 Å². The van der Waals surface area contributed by atoms with Crippen LogP contribution < -0.4 is 10.0 Å². The van der Waals surface area contributed by atoms with Crippen LogP contribution in [-0.4, -0.2) is 22.0 Å². The van der Waals surface area contributed by atoms with Crippen LogP contribution in [-0.2, 0) is 16.6 Å². The Bertz CT molecular complexity index is 477. The highest BCUT2D eigenvalue weighted by atomic mass is 32.2. The topological polar surface area (TPSA) is 71.3 Å². The first-order valence-electron chi connectivity index (χ1n) is 6.35. The SMILES string of the molecule is CNCc1ccc(S(=O)(=O)NCCC2CCC2)o1. The maximum atomic E-state index is 11.9. The minimum Gasteiger partial charge on any atom is -0.447 e. The van der Waals surface area contributed by atoms with E-state index < -0.39 is 10.0 Å². The average molecular weight is 272 g/mol. The highest BCUT2D eigenvalue weighted by Gasteiger charge is 2.21. The summed E-state index contributed by atoms with van der Waals surface area (Å²) in [6, 6.07) is 3.18. The maximum absolute atomic E-state index is 11.9. The predicted octanol–water partition coefficient (Wildman–Crippen LogP) is 1.47. The Kier molecular flexibility index (Phi) is 4.42. The average Bonchev–Trinajstić information content (AvgIpc) is 2.72. The van der Waals surface area contributed by atoms with Gasteiger partial charge in [-0.3, -0.25) is 0 Å². The maximum Gasteiger partial charge on any atom is 0.273 e. The lowest BCUT2D eigenvalue weighted by atomic mass is 9.83. The quantitative estimate of drug-likeness (QED) is 0.788. The molecule has 1 fully saturated rings. The highest BCUT2D eigenvalue weighted by molar-refractivity contribution is 7.89.